The van der Waals surface area contributed by atoms with Crippen molar-refractivity contribution in [3.05, 3.63) is 80.0 Å². The van der Waals surface area contributed by atoms with Crippen LogP contribution >= 0.6 is 39.1 Å². The van der Waals surface area contributed by atoms with E-state index in [-0.39, 0.29) is 0 Å². The van der Waals surface area contributed by atoms with Crippen molar-refractivity contribution >= 4 is 67.0 Å². The monoisotopic (exact) mass is 570 g/mol. The molecular formula is C22H21BrCl2N4O3S. The van der Waals surface area contributed by atoms with Gasteiger partial charge in [-0.2, -0.15) is 5.10 Å². The van der Waals surface area contributed by atoms with Crippen molar-refractivity contribution in [2.75, 3.05) is 17.1 Å². The zero-order chi connectivity index (χ0) is 24.3. The summed E-state index contributed by atoms with van der Waals surface area (Å²) >= 11 is 15.7. The van der Waals surface area contributed by atoms with Crippen molar-refractivity contribution in [3.8, 4) is 5.69 Å². The molecule has 1 aromatic heterocycles. The van der Waals surface area contributed by atoms with Gasteiger partial charge < -0.3 is 4.57 Å². The topological polar surface area (TPSA) is 83.8 Å². The minimum atomic E-state index is -3.69. The van der Waals surface area contributed by atoms with E-state index in [0.717, 1.165) is 33.2 Å². The zero-order valence-corrected chi connectivity index (χ0v) is 21.9. The van der Waals surface area contributed by atoms with Crippen molar-refractivity contribution in [1.82, 2.24) is 9.99 Å². The first kappa shape index (κ1) is 25.3. The number of halogens is 3. The number of amides is 1. The van der Waals surface area contributed by atoms with Gasteiger partial charge in [0.25, 0.3) is 5.91 Å². The summed E-state index contributed by atoms with van der Waals surface area (Å²) in [5.41, 5.74) is 6.08. The fourth-order valence-electron chi connectivity index (χ4n) is 3.33. The second kappa shape index (κ2) is 10.3. The Balaban J connectivity index is 1.77. The Labute approximate surface area is 211 Å². The van der Waals surface area contributed by atoms with Gasteiger partial charge >= 0.3 is 0 Å². The number of hydrogen-bond acceptors (Lipinski definition) is 4. The number of rotatable bonds is 7. The van der Waals surface area contributed by atoms with Gasteiger partial charge in [0.05, 0.1) is 28.9 Å². The Bertz CT molecular complexity index is 1340. The predicted molar refractivity (Wildman–Crippen MR) is 137 cm³/mol. The average Bonchev–Trinajstić information content (AvgIpc) is 3.00. The second-order valence-electron chi connectivity index (χ2n) is 7.27. The molecule has 174 valence electrons. The van der Waals surface area contributed by atoms with Crippen LogP contribution in [0.25, 0.3) is 5.69 Å². The summed E-state index contributed by atoms with van der Waals surface area (Å²) in [6.45, 7) is 3.41. The van der Waals surface area contributed by atoms with Crippen molar-refractivity contribution in [3.63, 3.8) is 0 Å². The molecule has 0 saturated carbocycles. The van der Waals surface area contributed by atoms with Crippen molar-refractivity contribution in [2.24, 2.45) is 5.10 Å². The van der Waals surface area contributed by atoms with E-state index in [1.165, 1.54) is 6.21 Å². The Kier molecular flexibility index (Phi) is 7.89. The van der Waals surface area contributed by atoms with Crippen molar-refractivity contribution in [2.45, 2.75) is 13.8 Å². The minimum absolute atomic E-state index is 0.363. The highest BCUT2D eigenvalue weighted by molar-refractivity contribution is 9.10. The Morgan fingerprint density at radius 2 is 1.88 bits per heavy atom. The maximum Gasteiger partial charge on any atom is 0.260 e. The van der Waals surface area contributed by atoms with Crippen LogP contribution in [0.3, 0.4) is 0 Å². The molecule has 0 radical (unpaired) electrons. The molecule has 3 aromatic rings. The van der Waals surface area contributed by atoms with Crippen molar-refractivity contribution < 1.29 is 13.2 Å². The summed E-state index contributed by atoms with van der Waals surface area (Å²) in [4.78, 5) is 12.4. The number of hydrogen-bond donors (Lipinski definition) is 1. The molecule has 33 heavy (non-hydrogen) atoms. The summed E-state index contributed by atoms with van der Waals surface area (Å²) in [6.07, 6.45) is 2.55. The van der Waals surface area contributed by atoms with Gasteiger partial charge in [0.1, 0.15) is 6.54 Å². The number of nitrogens with zero attached hydrogens (tertiary/aromatic N) is 3. The molecule has 0 aliphatic rings. The number of sulfonamides is 1. The molecule has 11 heteroatoms. The molecule has 2 aromatic carbocycles. The van der Waals surface area contributed by atoms with Crippen LogP contribution < -0.4 is 9.73 Å². The standard InChI is InChI=1S/C22H21BrCl2N4O3S/c1-14-10-16(15(2)29(14)21-9-8-17(24)11-19(21)25)12-26-27-22(30)13-28(33(3,31)32)20-7-5-4-6-18(20)23/h4-12H,13H2,1-3H3,(H,27,30)/b26-12+. The van der Waals surface area contributed by atoms with E-state index < -0.39 is 22.5 Å². The lowest BCUT2D eigenvalue weighted by Gasteiger charge is -2.22. The van der Waals surface area contributed by atoms with E-state index in [2.05, 4.69) is 26.5 Å². The van der Waals surface area contributed by atoms with Gasteiger partial charge in [-0.25, -0.2) is 13.8 Å². The van der Waals surface area contributed by atoms with E-state index in [1.54, 1.807) is 36.4 Å². The highest BCUT2D eigenvalue weighted by Gasteiger charge is 2.22. The van der Waals surface area contributed by atoms with E-state index in [9.17, 15) is 13.2 Å². The highest BCUT2D eigenvalue weighted by atomic mass is 79.9. The fourth-order valence-corrected chi connectivity index (χ4v) is 5.30. The number of aryl methyl sites for hydroxylation is 1. The number of para-hydroxylation sites is 1. The number of nitrogens with one attached hydrogen (secondary N) is 1. The van der Waals surface area contributed by atoms with E-state index in [0.29, 0.717) is 20.2 Å². The molecule has 0 fully saturated rings. The Morgan fingerprint density at radius 3 is 2.52 bits per heavy atom. The molecule has 0 bridgehead atoms. The van der Waals surface area contributed by atoms with Crippen LogP contribution in [0.5, 0.6) is 0 Å². The van der Waals surface area contributed by atoms with Gasteiger partial charge in [0.2, 0.25) is 10.0 Å². The Morgan fingerprint density at radius 1 is 1.18 bits per heavy atom. The van der Waals surface area contributed by atoms with E-state index in [4.69, 9.17) is 23.2 Å². The van der Waals surface area contributed by atoms with E-state index in [1.807, 2.05) is 30.5 Å². The molecule has 1 heterocycles. The number of carbonyl (C=O) groups is 1. The van der Waals surface area contributed by atoms with Gasteiger partial charge in [0.15, 0.2) is 0 Å². The number of carbonyl (C=O) groups excluding carboxylic acids is 1. The van der Waals surface area contributed by atoms with Crippen molar-refractivity contribution in [1.29, 1.82) is 0 Å². The molecule has 7 nitrogen and oxygen atoms in total. The number of aromatic nitrogens is 1. The van der Waals surface area contributed by atoms with Gasteiger partial charge in [-0.1, -0.05) is 35.3 Å². The maximum absolute atomic E-state index is 12.4. The van der Waals surface area contributed by atoms with Gasteiger partial charge in [0, 0.05) is 26.4 Å². The van der Waals surface area contributed by atoms with Gasteiger partial charge in [-0.3, -0.25) is 9.10 Å². The van der Waals surface area contributed by atoms with Crippen LogP contribution in [0.4, 0.5) is 5.69 Å². The molecule has 0 unspecified atom stereocenters. The summed E-state index contributed by atoms with van der Waals surface area (Å²) in [5, 5.41) is 5.06. The maximum atomic E-state index is 12.4. The van der Waals surface area contributed by atoms with Crippen LogP contribution in [0.1, 0.15) is 17.0 Å². The van der Waals surface area contributed by atoms with Crippen LogP contribution in [0.2, 0.25) is 10.0 Å². The molecular weight excluding hydrogens is 551 g/mol. The lowest BCUT2D eigenvalue weighted by atomic mass is 10.2. The predicted octanol–water partition coefficient (Wildman–Crippen LogP) is 5.08. The SMILES string of the molecule is Cc1cc(/C=N/NC(=O)CN(c2ccccc2Br)S(C)(=O)=O)c(C)n1-c1ccc(Cl)cc1Cl. The fraction of sp³-hybridized carbons (Fsp3) is 0.182. The smallest absolute Gasteiger partial charge is 0.260 e. The largest absolute Gasteiger partial charge is 0.316 e. The normalized spacial score (nSPS) is 11.7. The summed E-state index contributed by atoms with van der Waals surface area (Å²) in [7, 11) is -3.69. The molecule has 1 N–H and O–H groups in total. The molecule has 0 aliphatic heterocycles. The van der Waals surface area contributed by atoms with Crippen LogP contribution in [-0.2, 0) is 14.8 Å². The lowest BCUT2D eigenvalue weighted by molar-refractivity contribution is -0.119. The third-order valence-corrected chi connectivity index (χ3v) is 7.16. The average molecular weight is 572 g/mol. The first-order valence-electron chi connectivity index (χ1n) is 9.67. The van der Waals surface area contributed by atoms with Crippen LogP contribution in [0, 0.1) is 13.8 Å². The first-order valence-corrected chi connectivity index (χ1v) is 13.1. The van der Waals surface area contributed by atoms with Gasteiger partial charge in [-0.15, -0.1) is 0 Å². The highest BCUT2D eigenvalue weighted by Crippen LogP contribution is 2.29. The quantitative estimate of drug-likeness (QED) is 0.317. The van der Waals surface area contributed by atoms with Crippen LogP contribution in [-0.4, -0.2) is 37.9 Å². The van der Waals surface area contributed by atoms with Crippen LogP contribution in [0.15, 0.2) is 58.1 Å². The third-order valence-electron chi connectivity index (χ3n) is 4.82. The molecule has 0 spiro atoms. The molecule has 0 atom stereocenters. The second-order valence-corrected chi connectivity index (χ2v) is 10.9. The first-order chi connectivity index (χ1) is 15.5. The number of hydrazone groups is 1. The summed E-state index contributed by atoms with van der Waals surface area (Å²) in [6, 6.07) is 13.9. The third kappa shape index (κ3) is 5.97. The molecule has 0 saturated heterocycles. The molecule has 0 aliphatic carbocycles. The van der Waals surface area contributed by atoms with Gasteiger partial charge in [-0.05, 0) is 66.2 Å². The number of benzene rings is 2. The molecule has 1 amide bonds. The molecule has 3 rings (SSSR count). The van der Waals surface area contributed by atoms with E-state index >= 15 is 0 Å². The summed E-state index contributed by atoms with van der Waals surface area (Å²) < 4.78 is 28.0. The zero-order valence-electron chi connectivity index (χ0n) is 18.0. The number of anilines is 1. The lowest BCUT2D eigenvalue weighted by Crippen LogP contribution is -2.39. The minimum Gasteiger partial charge on any atom is -0.316 e. The Hall–Kier alpha value is -2.33. The summed E-state index contributed by atoms with van der Waals surface area (Å²) in [5.74, 6) is -0.581.